The number of hydrogen-bond acceptors (Lipinski definition) is 2. The first-order chi connectivity index (χ1) is 21.3. The van der Waals surface area contributed by atoms with E-state index in [4.69, 9.17) is 0 Å². The van der Waals surface area contributed by atoms with Gasteiger partial charge in [0.2, 0.25) is 0 Å². The third kappa shape index (κ3) is 25.2. The Kier molecular flexibility index (Phi) is 30.7. The summed E-state index contributed by atoms with van der Waals surface area (Å²) >= 11 is 0. The van der Waals surface area contributed by atoms with Crippen LogP contribution in [0.2, 0.25) is 0 Å². The minimum Gasteiger partial charge on any atom is -0.356 e. The summed E-state index contributed by atoms with van der Waals surface area (Å²) in [5.74, 6) is 0. The molecule has 1 heterocycles. The monoisotopic (exact) mass is 603 g/mol. The molecular weight excluding hydrogens is 520 g/mol. The van der Waals surface area contributed by atoms with Crippen LogP contribution in [0.3, 0.4) is 0 Å². The zero-order valence-electron chi connectivity index (χ0n) is 30.4. The second-order valence-electron chi connectivity index (χ2n) is 14.3. The SMILES string of the molecule is CCCCCCCCCCCCCCCCCCC1N(CCCCC)C=CN1CCCCCCCCCCCCCCC. The molecule has 2 heteroatoms. The van der Waals surface area contributed by atoms with Gasteiger partial charge in [-0.3, -0.25) is 0 Å². The molecule has 1 atom stereocenters. The van der Waals surface area contributed by atoms with Gasteiger partial charge in [-0.2, -0.15) is 0 Å². The van der Waals surface area contributed by atoms with Gasteiger partial charge in [0, 0.05) is 25.5 Å². The molecule has 0 saturated heterocycles. The molecule has 0 aromatic carbocycles. The zero-order chi connectivity index (χ0) is 30.9. The summed E-state index contributed by atoms with van der Waals surface area (Å²) in [7, 11) is 0. The predicted octanol–water partition coefficient (Wildman–Crippen LogP) is 14.3. The molecule has 1 unspecified atom stereocenters. The van der Waals surface area contributed by atoms with Gasteiger partial charge in [0.15, 0.2) is 0 Å². The maximum Gasteiger partial charge on any atom is 0.101 e. The molecule has 0 spiro atoms. The fraction of sp³-hybridized carbons (Fsp3) is 0.951. The van der Waals surface area contributed by atoms with Gasteiger partial charge in [-0.15, -0.1) is 0 Å². The fourth-order valence-electron chi connectivity index (χ4n) is 7.07. The highest BCUT2D eigenvalue weighted by molar-refractivity contribution is 4.97. The Labute approximate surface area is 273 Å². The summed E-state index contributed by atoms with van der Waals surface area (Å²) in [6, 6.07) is 0. The summed E-state index contributed by atoms with van der Waals surface area (Å²) in [6.07, 6.45) is 53.0. The lowest BCUT2D eigenvalue weighted by Crippen LogP contribution is -2.39. The van der Waals surface area contributed by atoms with Gasteiger partial charge in [0.05, 0.1) is 0 Å². The molecule has 1 aliphatic heterocycles. The lowest BCUT2D eigenvalue weighted by Gasteiger charge is -2.33. The number of hydrogen-bond donors (Lipinski definition) is 0. The van der Waals surface area contributed by atoms with Gasteiger partial charge < -0.3 is 9.80 Å². The van der Waals surface area contributed by atoms with E-state index < -0.39 is 0 Å². The van der Waals surface area contributed by atoms with Crippen molar-refractivity contribution >= 4 is 0 Å². The van der Waals surface area contributed by atoms with Gasteiger partial charge in [-0.05, 0) is 25.7 Å². The Balaban J connectivity index is 2.06. The summed E-state index contributed by atoms with van der Waals surface area (Å²) in [6.45, 7) is 9.47. The topological polar surface area (TPSA) is 6.48 Å². The minimum absolute atomic E-state index is 0.640. The summed E-state index contributed by atoms with van der Waals surface area (Å²) < 4.78 is 0. The van der Waals surface area contributed by atoms with Crippen LogP contribution in [-0.2, 0) is 0 Å². The van der Waals surface area contributed by atoms with Crippen molar-refractivity contribution in [3.63, 3.8) is 0 Å². The standard InChI is InChI=1S/C41H82N2/c1-4-7-10-12-14-16-18-20-21-22-23-25-27-29-31-33-36-41-42(37-34-9-6-3)39-40-43(41)38-35-32-30-28-26-24-19-17-15-13-11-8-5-2/h39-41H,4-38H2,1-3H3. The first-order valence-corrected chi connectivity index (χ1v) is 20.5. The minimum atomic E-state index is 0.640. The van der Waals surface area contributed by atoms with Crippen LogP contribution < -0.4 is 0 Å². The molecule has 1 rings (SSSR count). The highest BCUT2D eigenvalue weighted by Gasteiger charge is 2.24. The van der Waals surface area contributed by atoms with Crippen LogP contribution in [0.1, 0.15) is 233 Å². The van der Waals surface area contributed by atoms with E-state index >= 15 is 0 Å². The van der Waals surface area contributed by atoms with Crippen LogP contribution in [0, 0.1) is 0 Å². The molecule has 0 fully saturated rings. The first kappa shape index (κ1) is 40.4. The Bertz CT molecular complexity index is 558. The molecule has 0 bridgehead atoms. The highest BCUT2D eigenvalue weighted by atomic mass is 15.4. The predicted molar refractivity (Wildman–Crippen MR) is 196 cm³/mol. The van der Waals surface area contributed by atoms with Crippen molar-refractivity contribution in [2.45, 2.75) is 239 Å². The maximum atomic E-state index is 2.70. The van der Waals surface area contributed by atoms with Crippen molar-refractivity contribution in [2.24, 2.45) is 0 Å². The van der Waals surface area contributed by atoms with Crippen LogP contribution in [0.25, 0.3) is 0 Å². The van der Waals surface area contributed by atoms with E-state index in [0.29, 0.717) is 6.17 Å². The molecule has 256 valence electrons. The lowest BCUT2D eigenvalue weighted by atomic mass is 10.0. The molecule has 0 aromatic heterocycles. The maximum absolute atomic E-state index is 2.70. The Morgan fingerprint density at radius 1 is 0.302 bits per heavy atom. The average Bonchev–Trinajstić information content (AvgIpc) is 3.40. The quantitative estimate of drug-likeness (QED) is 0.0666. The Hall–Kier alpha value is -0.660. The van der Waals surface area contributed by atoms with E-state index in [1.54, 1.807) is 0 Å². The molecular formula is C41H82N2. The highest BCUT2D eigenvalue weighted by Crippen LogP contribution is 2.24. The molecule has 0 amide bonds. The van der Waals surface area contributed by atoms with E-state index in [1.165, 1.54) is 225 Å². The van der Waals surface area contributed by atoms with Crippen LogP contribution in [0.4, 0.5) is 0 Å². The number of nitrogens with zero attached hydrogens (tertiary/aromatic N) is 2. The molecule has 0 radical (unpaired) electrons. The summed E-state index contributed by atoms with van der Waals surface area (Å²) in [5.41, 5.74) is 0. The van der Waals surface area contributed by atoms with Gasteiger partial charge in [0.1, 0.15) is 6.17 Å². The van der Waals surface area contributed by atoms with E-state index in [9.17, 15) is 0 Å². The van der Waals surface area contributed by atoms with Crippen molar-refractivity contribution in [1.29, 1.82) is 0 Å². The molecule has 1 aliphatic rings. The Morgan fingerprint density at radius 2 is 0.535 bits per heavy atom. The zero-order valence-corrected chi connectivity index (χ0v) is 30.4. The van der Waals surface area contributed by atoms with Crippen molar-refractivity contribution in [3.05, 3.63) is 12.4 Å². The number of unbranched alkanes of at least 4 members (excludes halogenated alkanes) is 29. The third-order valence-corrected chi connectivity index (χ3v) is 10.1. The largest absolute Gasteiger partial charge is 0.356 e. The van der Waals surface area contributed by atoms with E-state index in [2.05, 4.69) is 43.0 Å². The van der Waals surface area contributed by atoms with E-state index in [0.717, 1.165) is 0 Å². The molecule has 0 saturated carbocycles. The van der Waals surface area contributed by atoms with Crippen molar-refractivity contribution < 1.29 is 0 Å². The third-order valence-electron chi connectivity index (χ3n) is 10.1. The van der Waals surface area contributed by atoms with Crippen LogP contribution in [-0.4, -0.2) is 29.1 Å². The fourth-order valence-corrected chi connectivity index (χ4v) is 7.07. The van der Waals surface area contributed by atoms with Gasteiger partial charge >= 0.3 is 0 Å². The average molecular weight is 603 g/mol. The second-order valence-corrected chi connectivity index (χ2v) is 14.3. The second kappa shape index (κ2) is 32.7. The van der Waals surface area contributed by atoms with Crippen molar-refractivity contribution in [2.75, 3.05) is 13.1 Å². The molecule has 0 aromatic rings. The van der Waals surface area contributed by atoms with Gasteiger partial charge in [-0.1, -0.05) is 207 Å². The summed E-state index contributed by atoms with van der Waals surface area (Å²) in [4.78, 5) is 5.39. The van der Waals surface area contributed by atoms with E-state index in [1.807, 2.05) is 0 Å². The normalized spacial score (nSPS) is 14.9. The molecule has 0 N–H and O–H groups in total. The van der Waals surface area contributed by atoms with E-state index in [-0.39, 0.29) is 0 Å². The molecule has 2 nitrogen and oxygen atoms in total. The smallest absolute Gasteiger partial charge is 0.101 e. The first-order valence-electron chi connectivity index (χ1n) is 20.5. The van der Waals surface area contributed by atoms with Crippen LogP contribution >= 0.6 is 0 Å². The Morgan fingerprint density at radius 3 is 0.860 bits per heavy atom. The lowest BCUT2D eigenvalue weighted by molar-refractivity contribution is 0.135. The summed E-state index contributed by atoms with van der Waals surface area (Å²) in [5, 5.41) is 0. The van der Waals surface area contributed by atoms with Gasteiger partial charge in [0.25, 0.3) is 0 Å². The molecule has 0 aliphatic carbocycles. The molecule has 43 heavy (non-hydrogen) atoms. The van der Waals surface area contributed by atoms with Crippen LogP contribution in [0.15, 0.2) is 12.4 Å². The van der Waals surface area contributed by atoms with Gasteiger partial charge in [-0.25, -0.2) is 0 Å². The van der Waals surface area contributed by atoms with Crippen molar-refractivity contribution in [3.8, 4) is 0 Å². The van der Waals surface area contributed by atoms with Crippen molar-refractivity contribution in [1.82, 2.24) is 9.80 Å². The number of rotatable bonds is 35. The van der Waals surface area contributed by atoms with Crippen LogP contribution in [0.5, 0.6) is 0 Å².